The summed E-state index contributed by atoms with van der Waals surface area (Å²) in [6.07, 6.45) is 3.24. The van der Waals surface area contributed by atoms with E-state index in [9.17, 15) is 10.2 Å². The van der Waals surface area contributed by atoms with Crippen LogP contribution in [0.15, 0.2) is 42.5 Å². The Kier molecular flexibility index (Phi) is 3.61. The van der Waals surface area contributed by atoms with Crippen molar-refractivity contribution in [2.45, 2.75) is 31.9 Å². The van der Waals surface area contributed by atoms with E-state index in [1.165, 1.54) is 11.1 Å². The zero-order chi connectivity index (χ0) is 13.9. The number of anilines is 1. The van der Waals surface area contributed by atoms with Gasteiger partial charge in [-0.2, -0.15) is 0 Å². The average Bonchev–Trinajstić information content (AvgIpc) is 2.48. The van der Waals surface area contributed by atoms with Gasteiger partial charge in [0.2, 0.25) is 0 Å². The predicted octanol–water partition coefficient (Wildman–Crippen LogP) is 3.37. The van der Waals surface area contributed by atoms with Gasteiger partial charge in [-0.1, -0.05) is 24.3 Å². The molecule has 3 rings (SSSR count). The number of benzene rings is 2. The highest BCUT2D eigenvalue weighted by molar-refractivity contribution is 5.53. The Balaban J connectivity index is 1.91. The topological polar surface area (TPSA) is 52.5 Å². The number of hydrogen-bond acceptors (Lipinski definition) is 3. The van der Waals surface area contributed by atoms with Crippen LogP contribution in [0, 0.1) is 0 Å². The lowest BCUT2D eigenvalue weighted by molar-refractivity contribution is 0.282. The summed E-state index contributed by atoms with van der Waals surface area (Å²) in [5, 5.41) is 22.6. The first-order valence-corrected chi connectivity index (χ1v) is 7.05. The number of aliphatic hydroxyl groups excluding tert-OH is 1. The van der Waals surface area contributed by atoms with Crippen molar-refractivity contribution in [3.63, 3.8) is 0 Å². The molecular weight excluding hydrogens is 250 g/mol. The largest absolute Gasteiger partial charge is 0.508 e. The minimum atomic E-state index is 0.0305. The smallest absolute Gasteiger partial charge is 0.115 e. The monoisotopic (exact) mass is 269 g/mol. The molecule has 20 heavy (non-hydrogen) atoms. The van der Waals surface area contributed by atoms with Crippen molar-refractivity contribution in [2.75, 3.05) is 5.32 Å². The van der Waals surface area contributed by atoms with E-state index < -0.39 is 0 Å². The standard InChI is InChI=1S/C17H19NO2/c19-11-13-4-1-2-6-16(13)18-17-7-3-5-12-8-9-14(20)10-15(12)17/h1-2,4,6,8-10,17-20H,3,5,7,11H2. The molecule has 2 aromatic rings. The Morgan fingerprint density at radius 2 is 2.00 bits per heavy atom. The Bertz CT molecular complexity index is 610. The van der Waals surface area contributed by atoms with E-state index in [0.717, 1.165) is 30.5 Å². The summed E-state index contributed by atoms with van der Waals surface area (Å²) in [5.41, 5.74) is 4.34. The van der Waals surface area contributed by atoms with Crippen LogP contribution < -0.4 is 5.32 Å². The average molecular weight is 269 g/mol. The number of phenols is 1. The molecule has 0 spiro atoms. The first-order valence-electron chi connectivity index (χ1n) is 7.05. The molecule has 1 atom stereocenters. The second-order valence-electron chi connectivity index (χ2n) is 5.29. The molecule has 0 fully saturated rings. The van der Waals surface area contributed by atoms with Crippen molar-refractivity contribution < 1.29 is 10.2 Å². The highest BCUT2D eigenvalue weighted by Crippen LogP contribution is 2.35. The van der Waals surface area contributed by atoms with Gasteiger partial charge in [0.25, 0.3) is 0 Å². The van der Waals surface area contributed by atoms with Crippen LogP contribution in [0.2, 0.25) is 0 Å². The quantitative estimate of drug-likeness (QED) is 0.800. The SMILES string of the molecule is OCc1ccccc1NC1CCCc2ccc(O)cc21. The van der Waals surface area contributed by atoms with Crippen molar-refractivity contribution in [3.05, 3.63) is 59.2 Å². The molecule has 0 aromatic heterocycles. The summed E-state index contributed by atoms with van der Waals surface area (Å²) in [7, 11) is 0. The van der Waals surface area contributed by atoms with E-state index in [-0.39, 0.29) is 12.6 Å². The van der Waals surface area contributed by atoms with Gasteiger partial charge in [-0.3, -0.25) is 0 Å². The third-order valence-electron chi connectivity index (χ3n) is 3.96. The molecule has 104 valence electrons. The lowest BCUT2D eigenvalue weighted by Crippen LogP contribution is -2.18. The number of aromatic hydroxyl groups is 1. The van der Waals surface area contributed by atoms with E-state index in [1.54, 1.807) is 6.07 Å². The van der Waals surface area contributed by atoms with E-state index in [1.807, 2.05) is 36.4 Å². The maximum atomic E-state index is 9.71. The van der Waals surface area contributed by atoms with Gasteiger partial charge in [-0.25, -0.2) is 0 Å². The Labute approximate surface area is 118 Å². The molecule has 3 nitrogen and oxygen atoms in total. The molecular formula is C17H19NO2. The number of rotatable bonds is 3. The summed E-state index contributed by atoms with van der Waals surface area (Å²) in [6, 6.07) is 13.6. The van der Waals surface area contributed by atoms with Gasteiger partial charge >= 0.3 is 0 Å². The molecule has 3 heteroatoms. The zero-order valence-electron chi connectivity index (χ0n) is 11.3. The maximum absolute atomic E-state index is 9.71. The molecule has 0 bridgehead atoms. The van der Waals surface area contributed by atoms with Crippen LogP contribution in [0.25, 0.3) is 0 Å². The van der Waals surface area contributed by atoms with Crippen molar-refractivity contribution >= 4 is 5.69 Å². The fraction of sp³-hybridized carbons (Fsp3) is 0.294. The zero-order valence-corrected chi connectivity index (χ0v) is 11.3. The second kappa shape index (κ2) is 5.55. The number of nitrogens with one attached hydrogen (secondary N) is 1. The van der Waals surface area contributed by atoms with Gasteiger partial charge in [0.15, 0.2) is 0 Å². The van der Waals surface area contributed by atoms with Gasteiger partial charge in [0.1, 0.15) is 5.75 Å². The molecule has 1 aliphatic carbocycles. The number of aryl methyl sites for hydroxylation is 1. The molecule has 0 saturated carbocycles. The minimum absolute atomic E-state index is 0.0305. The van der Waals surface area contributed by atoms with Gasteiger partial charge in [0, 0.05) is 11.3 Å². The lowest BCUT2D eigenvalue weighted by atomic mass is 9.87. The number of aliphatic hydroxyl groups is 1. The molecule has 0 aliphatic heterocycles. The normalized spacial score (nSPS) is 17.6. The van der Waals surface area contributed by atoms with Gasteiger partial charge in [0.05, 0.1) is 12.6 Å². The predicted molar refractivity (Wildman–Crippen MR) is 79.8 cm³/mol. The van der Waals surface area contributed by atoms with Crippen molar-refractivity contribution in [3.8, 4) is 5.75 Å². The fourth-order valence-electron chi connectivity index (χ4n) is 2.92. The first kappa shape index (κ1) is 13.0. The van der Waals surface area contributed by atoms with E-state index >= 15 is 0 Å². The molecule has 0 radical (unpaired) electrons. The molecule has 0 heterocycles. The van der Waals surface area contributed by atoms with Gasteiger partial charge < -0.3 is 15.5 Å². The molecule has 3 N–H and O–H groups in total. The van der Waals surface area contributed by atoms with E-state index in [4.69, 9.17) is 0 Å². The van der Waals surface area contributed by atoms with E-state index in [0.29, 0.717) is 5.75 Å². The molecule has 1 aliphatic rings. The number of para-hydroxylation sites is 1. The third-order valence-corrected chi connectivity index (χ3v) is 3.96. The van der Waals surface area contributed by atoms with Crippen LogP contribution in [0.1, 0.15) is 35.6 Å². The van der Waals surface area contributed by atoms with Crippen molar-refractivity contribution in [2.24, 2.45) is 0 Å². The van der Waals surface area contributed by atoms with Crippen LogP contribution in [0.5, 0.6) is 5.75 Å². The highest BCUT2D eigenvalue weighted by atomic mass is 16.3. The Morgan fingerprint density at radius 3 is 2.85 bits per heavy atom. The maximum Gasteiger partial charge on any atom is 0.115 e. The third kappa shape index (κ3) is 2.49. The number of phenolic OH excluding ortho intramolecular Hbond substituents is 1. The van der Waals surface area contributed by atoms with Crippen LogP contribution >= 0.6 is 0 Å². The van der Waals surface area contributed by atoms with Gasteiger partial charge in [-0.05, 0) is 48.6 Å². The van der Waals surface area contributed by atoms with Crippen molar-refractivity contribution in [1.82, 2.24) is 0 Å². The van der Waals surface area contributed by atoms with Crippen LogP contribution in [-0.4, -0.2) is 10.2 Å². The first-order chi connectivity index (χ1) is 9.78. The van der Waals surface area contributed by atoms with Crippen LogP contribution in [0.4, 0.5) is 5.69 Å². The Morgan fingerprint density at radius 1 is 1.15 bits per heavy atom. The molecule has 0 saturated heterocycles. The summed E-state index contributed by atoms with van der Waals surface area (Å²) < 4.78 is 0. The van der Waals surface area contributed by atoms with Crippen LogP contribution in [0.3, 0.4) is 0 Å². The highest BCUT2D eigenvalue weighted by Gasteiger charge is 2.21. The summed E-state index contributed by atoms with van der Waals surface area (Å²) in [5.74, 6) is 0.313. The Hall–Kier alpha value is -2.00. The molecule has 1 unspecified atom stereocenters. The summed E-state index contributed by atoms with van der Waals surface area (Å²) in [6.45, 7) is 0.0305. The minimum Gasteiger partial charge on any atom is -0.508 e. The lowest BCUT2D eigenvalue weighted by Gasteiger charge is -2.28. The number of fused-ring (bicyclic) bond motifs is 1. The number of hydrogen-bond donors (Lipinski definition) is 3. The molecule has 0 amide bonds. The van der Waals surface area contributed by atoms with Crippen LogP contribution in [-0.2, 0) is 13.0 Å². The second-order valence-corrected chi connectivity index (χ2v) is 5.29. The summed E-state index contributed by atoms with van der Waals surface area (Å²) in [4.78, 5) is 0. The molecule has 2 aromatic carbocycles. The van der Waals surface area contributed by atoms with Crippen molar-refractivity contribution in [1.29, 1.82) is 0 Å². The summed E-state index contributed by atoms with van der Waals surface area (Å²) >= 11 is 0. The van der Waals surface area contributed by atoms with E-state index in [2.05, 4.69) is 5.32 Å². The van der Waals surface area contributed by atoms with Gasteiger partial charge in [-0.15, -0.1) is 0 Å². The fourth-order valence-corrected chi connectivity index (χ4v) is 2.92.